The van der Waals surface area contributed by atoms with E-state index in [-0.39, 0.29) is 12.2 Å². The predicted molar refractivity (Wildman–Crippen MR) is 120 cm³/mol. The number of aliphatic hydroxyl groups is 1. The van der Waals surface area contributed by atoms with E-state index in [1.165, 1.54) is 31.2 Å². The quantitative estimate of drug-likeness (QED) is 0.161. The van der Waals surface area contributed by atoms with Crippen LogP contribution in [0.1, 0.15) is 31.7 Å². The van der Waals surface area contributed by atoms with Crippen LogP contribution >= 0.6 is 0 Å². The number of aromatic hydroxyl groups is 1. The van der Waals surface area contributed by atoms with E-state index in [4.69, 9.17) is 0 Å². The van der Waals surface area contributed by atoms with E-state index in [0.717, 1.165) is 6.42 Å². The van der Waals surface area contributed by atoms with Crippen molar-refractivity contribution in [3.63, 3.8) is 0 Å². The van der Waals surface area contributed by atoms with Crippen LogP contribution in [0.5, 0.6) is 5.75 Å². The highest BCUT2D eigenvalue weighted by molar-refractivity contribution is 5.95. The Labute approximate surface area is 200 Å². The number of carbonyl (C=O) groups excluding carboxylic acids is 3. The minimum Gasteiger partial charge on any atom is -0.508 e. The summed E-state index contributed by atoms with van der Waals surface area (Å²) in [6, 6.07) is 0.548. The van der Waals surface area contributed by atoms with E-state index in [9.17, 15) is 44.4 Å². The van der Waals surface area contributed by atoms with Gasteiger partial charge >= 0.3 is 11.9 Å². The molecule has 3 amide bonds. The van der Waals surface area contributed by atoms with Crippen molar-refractivity contribution in [2.75, 3.05) is 6.54 Å². The predicted octanol–water partition coefficient (Wildman–Crippen LogP) is -1.92. The van der Waals surface area contributed by atoms with Gasteiger partial charge < -0.3 is 41.7 Å². The van der Waals surface area contributed by atoms with Crippen molar-refractivity contribution in [3.05, 3.63) is 29.8 Å². The average molecular weight is 495 g/mol. The minimum absolute atomic E-state index is 0.0383. The molecule has 0 saturated carbocycles. The molecule has 35 heavy (non-hydrogen) atoms. The molecule has 5 unspecified atom stereocenters. The lowest BCUT2D eigenvalue weighted by Gasteiger charge is -2.25. The number of rotatable bonds is 12. The summed E-state index contributed by atoms with van der Waals surface area (Å²) in [6.07, 6.45) is -1.07. The number of hydrogen-bond donors (Lipinski definition) is 8. The summed E-state index contributed by atoms with van der Waals surface area (Å²) in [6.45, 7) is 1.78. The van der Waals surface area contributed by atoms with Crippen molar-refractivity contribution in [1.29, 1.82) is 0 Å². The molecule has 0 bridgehead atoms. The number of amides is 3. The van der Waals surface area contributed by atoms with E-state index in [2.05, 4.69) is 21.3 Å². The fourth-order valence-corrected chi connectivity index (χ4v) is 3.56. The maximum atomic E-state index is 12.9. The number of benzene rings is 1. The number of aliphatic hydroxyl groups excluding tert-OH is 1. The topological polar surface area (TPSA) is 214 Å². The molecule has 2 rings (SSSR count). The van der Waals surface area contributed by atoms with Gasteiger partial charge in [0, 0.05) is 6.42 Å². The number of nitrogens with one attached hydrogen (secondary N) is 4. The average Bonchev–Trinajstić information content (AvgIpc) is 3.32. The molecule has 1 heterocycles. The zero-order valence-corrected chi connectivity index (χ0v) is 19.1. The molecule has 1 aliphatic rings. The molecule has 1 aromatic carbocycles. The fourth-order valence-electron chi connectivity index (χ4n) is 3.56. The van der Waals surface area contributed by atoms with Crippen LogP contribution in [-0.4, -0.2) is 86.9 Å². The molecule has 0 aliphatic carbocycles. The highest BCUT2D eigenvalue weighted by Gasteiger charge is 2.33. The summed E-state index contributed by atoms with van der Waals surface area (Å²) in [4.78, 5) is 61.0. The SMILES string of the molecule is CC(O)C(NC(=O)C(Cc1ccc(O)cc1)NC(=O)C(CC(=O)O)NC(=O)C1CCCN1)C(=O)O. The van der Waals surface area contributed by atoms with Gasteiger partial charge in [0.2, 0.25) is 17.7 Å². The van der Waals surface area contributed by atoms with Crippen molar-refractivity contribution < 1.29 is 44.4 Å². The lowest BCUT2D eigenvalue weighted by Crippen LogP contribution is -2.59. The second-order valence-corrected chi connectivity index (χ2v) is 8.30. The normalized spacial score (nSPS) is 18.5. The van der Waals surface area contributed by atoms with Gasteiger partial charge in [-0.25, -0.2) is 4.79 Å². The molecule has 5 atom stereocenters. The van der Waals surface area contributed by atoms with Gasteiger partial charge in [0.15, 0.2) is 6.04 Å². The molecule has 1 aliphatic heterocycles. The van der Waals surface area contributed by atoms with Gasteiger partial charge in [-0.2, -0.15) is 0 Å². The third kappa shape index (κ3) is 8.54. The molecule has 1 fully saturated rings. The second kappa shape index (κ2) is 12.7. The Kier molecular flexibility index (Phi) is 9.97. The van der Waals surface area contributed by atoms with Crippen molar-refractivity contribution in [2.45, 2.75) is 62.9 Å². The number of aliphatic carboxylic acids is 2. The van der Waals surface area contributed by atoms with Crippen LogP contribution in [0.15, 0.2) is 24.3 Å². The second-order valence-electron chi connectivity index (χ2n) is 8.30. The molecule has 192 valence electrons. The van der Waals surface area contributed by atoms with E-state index >= 15 is 0 Å². The Morgan fingerprint density at radius 3 is 2.14 bits per heavy atom. The van der Waals surface area contributed by atoms with Crippen LogP contribution in [0.3, 0.4) is 0 Å². The standard InChI is InChI=1S/C22H30N4O9/c1-11(27)18(22(34)35)26-21(33)15(9-12-4-6-13(28)7-5-12)24-20(32)16(10-17(29)30)25-19(31)14-3-2-8-23-14/h4-7,11,14-16,18,23,27-28H,2-3,8-10H2,1H3,(H,24,32)(H,25,31)(H,26,33)(H,29,30)(H,34,35). The summed E-state index contributed by atoms with van der Waals surface area (Å²) in [7, 11) is 0. The molecule has 0 radical (unpaired) electrons. The van der Waals surface area contributed by atoms with Gasteiger partial charge in [0.1, 0.15) is 17.8 Å². The largest absolute Gasteiger partial charge is 0.508 e. The third-order valence-corrected chi connectivity index (χ3v) is 5.44. The first-order valence-electron chi connectivity index (χ1n) is 11.0. The number of carbonyl (C=O) groups is 5. The molecule has 8 N–H and O–H groups in total. The van der Waals surface area contributed by atoms with E-state index in [1.54, 1.807) is 0 Å². The summed E-state index contributed by atoms with van der Waals surface area (Å²) >= 11 is 0. The lowest BCUT2D eigenvalue weighted by molar-refractivity contribution is -0.145. The summed E-state index contributed by atoms with van der Waals surface area (Å²) in [5.74, 6) is -5.35. The zero-order chi connectivity index (χ0) is 26.1. The van der Waals surface area contributed by atoms with Crippen molar-refractivity contribution in [1.82, 2.24) is 21.3 Å². The number of carboxylic acid groups (broad SMARTS) is 2. The Morgan fingerprint density at radius 2 is 1.63 bits per heavy atom. The third-order valence-electron chi connectivity index (χ3n) is 5.44. The smallest absolute Gasteiger partial charge is 0.328 e. The maximum absolute atomic E-state index is 12.9. The molecular weight excluding hydrogens is 464 g/mol. The van der Waals surface area contributed by atoms with Crippen LogP contribution in [0, 0.1) is 0 Å². The Balaban J connectivity index is 2.22. The number of hydrogen-bond acceptors (Lipinski definition) is 8. The first kappa shape index (κ1) is 27.5. The van der Waals surface area contributed by atoms with Gasteiger partial charge in [-0.15, -0.1) is 0 Å². The van der Waals surface area contributed by atoms with Crippen LogP contribution < -0.4 is 21.3 Å². The van der Waals surface area contributed by atoms with Gasteiger partial charge in [-0.1, -0.05) is 12.1 Å². The van der Waals surface area contributed by atoms with Gasteiger partial charge in [-0.05, 0) is 44.0 Å². The van der Waals surface area contributed by atoms with Crippen LogP contribution in [0.4, 0.5) is 0 Å². The van der Waals surface area contributed by atoms with E-state index < -0.39 is 66.4 Å². The van der Waals surface area contributed by atoms with Crippen molar-refractivity contribution in [2.24, 2.45) is 0 Å². The van der Waals surface area contributed by atoms with Gasteiger partial charge in [0.05, 0.1) is 18.6 Å². The van der Waals surface area contributed by atoms with Crippen molar-refractivity contribution in [3.8, 4) is 5.75 Å². The molecule has 1 saturated heterocycles. The zero-order valence-electron chi connectivity index (χ0n) is 19.1. The van der Waals surface area contributed by atoms with Gasteiger partial charge in [-0.3, -0.25) is 19.2 Å². The minimum atomic E-state index is -1.66. The molecule has 13 nitrogen and oxygen atoms in total. The summed E-state index contributed by atoms with van der Waals surface area (Å²) in [5.41, 5.74) is 0.487. The summed E-state index contributed by atoms with van der Waals surface area (Å²) in [5, 5.41) is 47.5. The Hall–Kier alpha value is -3.71. The Morgan fingerprint density at radius 1 is 1.00 bits per heavy atom. The van der Waals surface area contributed by atoms with Crippen LogP contribution in [0.25, 0.3) is 0 Å². The van der Waals surface area contributed by atoms with E-state index in [0.29, 0.717) is 18.5 Å². The molecule has 1 aromatic rings. The first-order chi connectivity index (χ1) is 16.5. The summed E-state index contributed by atoms with van der Waals surface area (Å²) < 4.78 is 0. The number of phenolic OH excluding ortho intramolecular Hbond substituents is 1. The number of phenols is 1. The Bertz CT molecular complexity index is 929. The van der Waals surface area contributed by atoms with Crippen LogP contribution in [-0.2, 0) is 30.4 Å². The molecule has 0 aromatic heterocycles. The first-order valence-corrected chi connectivity index (χ1v) is 11.0. The van der Waals surface area contributed by atoms with Gasteiger partial charge in [0.25, 0.3) is 0 Å². The fraction of sp³-hybridized carbons (Fsp3) is 0.500. The number of carboxylic acids is 2. The highest BCUT2D eigenvalue weighted by atomic mass is 16.4. The maximum Gasteiger partial charge on any atom is 0.328 e. The van der Waals surface area contributed by atoms with Crippen molar-refractivity contribution >= 4 is 29.7 Å². The molecular formula is C22H30N4O9. The van der Waals surface area contributed by atoms with E-state index in [1.807, 2.05) is 0 Å². The monoisotopic (exact) mass is 494 g/mol. The molecule has 0 spiro atoms. The van der Waals surface area contributed by atoms with Crippen LogP contribution in [0.2, 0.25) is 0 Å². The highest BCUT2D eigenvalue weighted by Crippen LogP contribution is 2.12. The lowest BCUT2D eigenvalue weighted by atomic mass is 10.0. The molecule has 13 heteroatoms.